The van der Waals surface area contributed by atoms with E-state index in [-0.39, 0.29) is 16.9 Å². The second kappa shape index (κ2) is 5.72. The predicted octanol–water partition coefficient (Wildman–Crippen LogP) is 1.61. The molecule has 0 bridgehead atoms. The Balaban J connectivity index is 1.43. The van der Waals surface area contributed by atoms with Gasteiger partial charge in [0, 0.05) is 25.7 Å². The normalized spacial score (nSPS) is 32.3. The fraction of sp³-hybridized carbons (Fsp3) is 0.688. The van der Waals surface area contributed by atoms with Gasteiger partial charge in [-0.3, -0.25) is 0 Å². The summed E-state index contributed by atoms with van der Waals surface area (Å²) in [6.07, 6.45) is 6.04. The first kappa shape index (κ1) is 15.4. The molecule has 1 N–H and O–H groups in total. The van der Waals surface area contributed by atoms with Crippen LogP contribution < -0.4 is 5.32 Å². The predicted molar refractivity (Wildman–Crippen MR) is 87.7 cm³/mol. The monoisotopic (exact) mass is 337 g/mol. The summed E-state index contributed by atoms with van der Waals surface area (Å²) in [4.78, 5) is 4.29. The number of anilines is 1. The van der Waals surface area contributed by atoms with E-state index in [0.29, 0.717) is 19.7 Å². The van der Waals surface area contributed by atoms with Crippen LogP contribution in [-0.4, -0.2) is 54.3 Å². The second-order valence-electron chi connectivity index (χ2n) is 6.94. The Morgan fingerprint density at radius 3 is 2.96 bits per heavy atom. The highest BCUT2D eigenvalue weighted by Crippen LogP contribution is 2.39. The van der Waals surface area contributed by atoms with Crippen molar-refractivity contribution >= 4 is 15.8 Å². The summed E-state index contributed by atoms with van der Waals surface area (Å²) in [6, 6.07) is 5.97. The van der Waals surface area contributed by atoms with Crippen molar-refractivity contribution in [2.75, 3.05) is 25.0 Å². The fourth-order valence-electron chi connectivity index (χ4n) is 3.73. The van der Waals surface area contributed by atoms with Crippen LogP contribution in [0, 0.1) is 0 Å². The first-order valence-corrected chi connectivity index (χ1v) is 9.88. The van der Waals surface area contributed by atoms with E-state index in [1.165, 1.54) is 0 Å². The zero-order chi connectivity index (χ0) is 15.9. The molecule has 0 radical (unpaired) electrons. The smallest absolute Gasteiger partial charge is 0.217 e. The summed E-state index contributed by atoms with van der Waals surface area (Å²) >= 11 is 0. The number of piperidine rings is 1. The molecule has 0 amide bonds. The van der Waals surface area contributed by atoms with Gasteiger partial charge in [0.2, 0.25) is 10.0 Å². The van der Waals surface area contributed by atoms with Crippen LogP contribution in [0.2, 0.25) is 0 Å². The Hall–Kier alpha value is -1.18. The summed E-state index contributed by atoms with van der Waals surface area (Å²) in [5.41, 5.74) is -0.327. The maximum absolute atomic E-state index is 12.5. The molecule has 6 nitrogen and oxygen atoms in total. The minimum atomic E-state index is -3.11. The van der Waals surface area contributed by atoms with E-state index in [0.717, 1.165) is 37.9 Å². The number of nitrogens with zero attached hydrogens (tertiary/aromatic N) is 2. The average molecular weight is 337 g/mol. The molecule has 3 aliphatic rings. The van der Waals surface area contributed by atoms with Gasteiger partial charge in [-0.2, -0.15) is 4.31 Å². The molecule has 1 aromatic heterocycles. The third-order valence-corrected chi connectivity index (χ3v) is 7.38. The lowest BCUT2D eigenvalue weighted by molar-refractivity contribution is -0.0329. The SMILES string of the molecule is O=S(=O)(C1CC1)N1CCCC2(CC(Nc3ccccn3)CO2)C1. The third kappa shape index (κ3) is 3.09. The lowest BCUT2D eigenvalue weighted by atomic mass is 9.90. The van der Waals surface area contributed by atoms with E-state index >= 15 is 0 Å². The zero-order valence-corrected chi connectivity index (χ0v) is 14.0. The second-order valence-corrected chi connectivity index (χ2v) is 9.15. The molecule has 2 aliphatic heterocycles. The number of hydrogen-bond donors (Lipinski definition) is 1. The van der Waals surface area contributed by atoms with Crippen molar-refractivity contribution in [3.8, 4) is 0 Å². The van der Waals surface area contributed by atoms with Crippen LogP contribution in [-0.2, 0) is 14.8 Å². The van der Waals surface area contributed by atoms with Crippen LogP contribution in [0.1, 0.15) is 32.1 Å². The number of pyridine rings is 1. The van der Waals surface area contributed by atoms with Crippen molar-refractivity contribution in [3.63, 3.8) is 0 Å². The molecule has 2 unspecified atom stereocenters. The van der Waals surface area contributed by atoms with Gasteiger partial charge >= 0.3 is 0 Å². The number of sulfonamides is 1. The van der Waals surface area contributed by atoms with Gasteiger partial charge in [0.05, 0.1) is 23.5 Å². The summed E-state index contributed by atoms with van der Waals surface area (Å²) in [5, 5.41) is 3.26. The van der Waals surface area contributed by atoms with Crippen molar-refractivity contribution in [1.82, 2.24) is 9.29 Å². The largest absolute Gasteiger partial charge is 0.371 e. The zero-order valence-electron chi connectivity index (χ0n) is 13.1. The van der Waals surface area contributed by atoms with Crippen molar-refractivity contribution in [2.24, 2.45) is 0 Å². The van der Waals surface area contributed by atoms with Crippen molar-refractivity contribution in [1.29, 1.82) is 0 Å². The highest BCUT2D eigenvalue weighted by atomic mass is 32.2. The van der Waals surface area contributed by atoms with Crippen LogP contribution in [0.15, 0.2) is 24.4 Å². The quantitative estimate of drug-likeness (QED) is 0.904. The molecule has 3 fully saturated rings. The van der Waals surface area contributed by atoms with E-state index in [2.05, 4.69) is 10.3 Å². The minimum absolute atomic E-state index is 0.138. The highest BCUT2D eigenvalue weighted by molar-refractivity contribution is 7.90. The van der Waals surface area contributed by atoms with Crippen LogP contribution in [0.4, 0.5) is 5.82 Å². The Kier molecular flexibility index (Phi) is 3.82. The van der Waals surface area contributed by atoms with E-state index in [1.807, 2.05) is 18.2 Å². The lowest BCUT2D eigenvalue weighted by Crippen LogP contribution is -2.51. The van der Waals surface area contributed by atoms with Crippen molar-refractivity contribution in [2.45, 2.75) is 49.0 Å². The van der Waals surface area contributed by atoms with Gasteiger partial charge in [0.1, 0.15) is 5.82 Å². The fourth-order valence-corrected chi connectivity index (χ4v) is 5.68. The first-order valence-electron chi connectivity index (χ1n) is 8.38. The summed E-state index contributed by atoms with van der Waals surface area (Å²) in [5.74, 6) is 0.844. The molecular formula is C16H23N3O3S. The van der Waals surface area contributed by atoms with Crippen molar-refractivity contribution in [3.05, 3.63) is 24.4 Å². The van der Waals surface area contributed by atoms with Gasteiger partial charge in [-0.1, -0.05) is 6.07 Å². The van der Waals surface area contributed by atoms with E-state index < -0.39 is 10.0 Å². The topological polar surface area (TPSA) is 71.5 Å². The summed E-state index contributed by atoms with van der Waals surface area (Å²) in [7, 11) is -3.11. The Bertz CT molecular complexity index is 662. The molecule has 1 aliphatic carbocycles. The van der Waals surface area contributed by atoms with Crippen LogP contribution in [0.3, 0.4) is 0 Å². The number of nitrogens with one attached hydrogen (secondary N) is 1. The minimum Gasteiger partial charge on any atom is -0.371 e. The van der Waals surface area contributed by atoms with Gasteiger partial charge in [0.15, 0.2) is 0 Å². The number of ether oxygens (including phenoxy) is 1. The van der Waals surface area contributed by atoms with Gasteiger partial charge in [0.25, 0.3) is 0 Å². The Labute approximate surface area is 137 Å². The van der Waals surface area contributed by atoms with Crippen molar-refractivity contribution < 1.29 is 13.2 Å². The molecule has 126 valence electrons. The number of rotatable bonds is 4. The number of aromatic nitrogens is 1. The van der Waals surface area contributed by atoms with Crippen LogP contribution >= 0.6 is 0 Å². The lowest BCUT2D eigenvalue weighted by Gasteiger charge is -2.39. The molecular weight excluding hydrogens is 314 g/mol. The standard InChI is InChI=1S/C16H23N3O3S/c20-23(21,14-5-6-14)19-9-3-7-16(12-19)10-13(11-22-16)18-15-4-1-2-8-17-15/h1-2,4,8,13-14H,3,5-7,9-12H2,(H,17,18). The molecule has 7 heteroatoms. The van der Waals surface area contributed by atoms with Gasteiger partial charge in [-0.25, -0.2) is 13.4 Å². The molecule has 0 aromatic carbocycles. The first-order chi connectivity index (χ1) is 11.1. The molecule has 23 heavy (non-hydrogen) atoms. The molecule has 3 heterocycles. The van der Waals surface area contributed by atoms with Crippen LogP contribution in [0.5, 0.6) is 0 Å². The molecule has 2 saturated heterocycles. The summed E-state index contributed by atoms with van der Waals surface area (Å²) in [6.45, 7) is 1.75. The van der Waals surface area contributed by atoms with Gasteiger partial charge < -0.3 is 10.1 Å². The van der Waals surface area contributed by atoms with E-state index in [4.69, 9.17) is 4.74 Å². The Morgan fingerprint density at radius 1 is 1.35 bits per heavy atom. The molecule has 1 saturated carbocycles. The number of hydrogen-bond acceptors (Lipinski definition) is 5. The highest BCUT2D eigenvalue weighted by Gasteiger charge is 2.49. The Morgan fingerprint density at radius 2 is 2.22 bits per heavy atom. The maximum atomic E-state index is 12.5. The maximum Gasteiger partial charge on any atom is 0.217 e. The van der Waals surface area contributed by atoms with Crippen LogP contribution in [0.25, 0.3) is 0 Å². The molecule has 1 spiro atoms. The van der Waals surface area contributed by atoms with E-state index in [1.54, 1.807) is 10.5 Å². The average Bonchev–Trinajstić information content (AvgIpc) is 3.34. The van der Waals surface area contributed by atoms with Gasteiger partial charge in [-0.15, -0.1) is 0 Å². The molecule has 1 aromatic rings. The van der Waals surface area contributed by atoms with E-state index in [9.17, 15) is 8.42 Å². The summed E-state index contributed by atoms with van der Waals surface area (Å²) < 4.78 is 32.8. The molecule has 4 rings (SSSR count). The third-order valence-electron chi connectivity index (χ3n) is 5.04. The van der Waals surface area contributed by atoms with Gasteiger partial charge in [-0.05, 0) is 37.8 Å². The molecule has 2 atom stereocenters.